The maximum absolute atomic E-state index is 13.6. The number of ether oxygens (including phenoxy) is 1. The van der Waals surface area contributed by atoms with Gasteiger partial charge in [-0.05, 0) is 24.6 Å². The van der Waals surface area contributed by atoms with E-state index >= 15 is 0 Å². The molecule has 0 aromatic heterocycles. The molecule has 8 nitrogen and oxygen atoms in total. The van der Waals surface area contributed by atoms with Gasteiger partial charge in [-0.2, -0.15) is 13.2 Å². The number of aryl methyl sites for hydroxylation is 1. The van der Waals surface area contributed by atoms with E-state index in [-0.39, 0.29) is 23.7 Å². The van der Waals surface area contributed by atoms with Crippen molar-refractivity contribution < 1.29 is 46.7 Å². The fourth-order valence-corrected chi connectivity index (χ4v) is 5.66. The standard InChI is InChI=1S/C31H32N2O4.C2HF3O2/c1-22-12-14-25(15-13-22)29(32-30(35)26-10-6-3-7-11-26)31(36)37-28-21-33(18-16-24(28)17-19-33)20-27(34)23-8-4-2-5-9-23;3-2(4,5)1(6)7/h2-15,24,28-29H,16-21H2,1H3;(H,6,7)/t24?,28-,29?,33?;/m0./s1. The number of carboxylic acids is 1. The first-order valence-corrected chi connectivity index (χ1v) is 14.2. The molecule has 6 rings (SSSR count). The van der Waals surface area contributed by atoms with Crippen LogP contribution in [0.5, 0.6) is 0 Å². The second-order valence-corrected chi connectivity index (χ2v) is 11.2. The average Bonchev–Trinajstić information content (AvgIpc) is 3.01. The molecule has 0 radical (unpaired) electrons. The first-order valence-electron chi connectivity index (χ1n) is 14.2. The summed E-state index contributed by atoms with van der Waals surface area (Å²) in [4.78, 5) is 48.4. The summed E-state index contributed by atoms with van der Waals surface area (Å²) in [7, 11) is 0. The summed E-state index contributed by atoms with van der Waals surface area (Å²) in [5, 5.41) is 11.7. The molecule has 1 N–H and O–H groups in total. The van der Waals surface area contributed by atoms with E-state index in [9.17, 15) is 27.6 Å². The number of esters is 1. The number of rotatable bonds is 8. The molecule has 3 aliphatic rings. The number of carbonyl (C=O) groups is 4. The van der Waals surface area contributed by atoms with Gasteiger partial charge in [0.05, 0.1) is 13.1 Å². The molecule has 3 heterocycles. The number of benzene rings is 3. The van der Waals surface area contributed by atoms with E-state index in [1.165, 1.54) is 0 Å². The molecule has 232 valence electrons. The molecular formula is C33H33F3N2O6. The van der Waals surface area contributed by atoms with Crippen molar-refractivity contribution in [2.75, 3.05) is 26.2 Å². The number of aliphatic carboxylic acids is 1. The molecule has 11 heteroatoms. The maximum Gasteiger partial charge on any atom is 0.430 e. The molecule has 2 bridgehead atoms. The van der Waals surface area contributed by atoms with Crippen molar-refractivity contribution in [3.63, 3.8) is 0 Å². The number of Topliss-reactive ketones (excluding diaryl/α,β-unsaturated/α-hetero) is 1. The second kappa shape index (κ2) is 13.9. The minimum atomic E-state index is -5.19. The lowest BCUT2D eigenvalue weighted by molar-refractivity contribution is -0.938. The van der Waals surface area contributed by atoms with Gasteiger partial charge in [-0.25, -0.2) is 4.79 Å². The maximum atomic E-state index is 13.6. The number of carboxylic acid groups (broad SMARTS) is 1. The topological polar surface area (TPSA) is 113 Å². The number of piperidine rings is 3. The van der Waals surface area contributed by atoms with Crippen molar-refractivity contribution in [2.24, 2.45) is 5.92 Å². The van der Waals surface area contributed by atoms with Crippen molar-refractivity contribution in [3.05, 3.63) is 107 Å². The first kappa shape index (κ1) is 32.4. The van der Waals surface area contributed by atoms with Gasteiger partial charge in [0.15, 0.2) is 12.1 Å². The molecule has 44 heavy (non-hydrogen) atoms. The van der Waals surface area contributed by atoms with E-state index < -0.39 is 24.2 Å². The normalized spacial score (nSPS) is 21.3. The summed E-state index contributed by atoms with van der Waals surface area (Å²) in [6.07, 6.45) is -3.63. The summed E-state index contributed by atoms with van der Waals surface area (Å²) in [6, 6.07) is 24.9. The lowest BCUT2D eigenvalue weighted by atomic mass is 9.82. The van der Waals surface area contributed by atoms with Gasteiger partial charge in [0, 0.05) is 29.9 Å². The predicted molar refractivity (Wildman–Crippen MR) is 152 cm³/mol. The number of nitrogens with zero attached hydrogens (tertiary/aromatic N) is 1. The van der Waals surface area contributed by atoms with Gasteiger partial charge >= 0.3 is 12.1 Å². The number of amides is 1. The van der Waals surface area contributed by atoms with Gasteiger partial charge in [0.2, 0.25) is 5.78 Å². The zero-order valence-corrected chi connectivity index (χ0v) is 24.1. The smallest absolute Gasteiger partial charge is 0.430 e. The predicted octanol–water partition coefficient (Wildman–Crippen LogP) is 3.80. The fraction of sp³-hybridized carbons (Fsp3) is 0.333. The number of halogens is 3. The number of hydrogen-bond donors (Lipinski definition) is 1. The van der Waals surface area contributed by atoms with Crippen LogP contribution in [0.4, 0.5) is 13.2 Å². The Bertz CT molecular complexity index is 1450. The lowest BCUT2D eigenvalue weighted by Gasteiger charge is -2.51. The summed E-state index contributed by atoms with van der Waals surface area (Å²) in [5.74, 6) is -3.39. The average molecular weight is 611 g/mol. The molecule has 3 aromatic carbocycles. The molecule has 2 atom stereocenters. The van der Waals surface area contributed by atoms with Crippen LogP contribution in [0.15, 0.2) is 84.9 Å². The third-order valence-electron chi connectivity index (χ3n) is 8.07. The largest absolute Gasteiger partial charge is 0.542 e. The Morgan fingerprint density at radius 1 is 0.886 bits per heavy atom. The van der Waals surface area contributed by atoms with Crippen LogP contribution < -0.4 is 10.4 Å². The van der Waals surface area contributed by atoms with Gasteiger partial charge in [-0.3, -0.25) is 9.59 Å². The van der Waals surface area contributed by atoms with Crippen LogP contribution in [-0.4, -0.2) is 66.6 Å². The van der Waals surface area contributed by atoms with E-state index in [1.54, 1.807) is 24.3 Å². The monoisotopic (exact) mass is 610 g/mol. The van der Waals surface area contributed by atoms with Crippen LogP contribution in [0.3, 0.4) is 0 Å². The number of quaternary nitrogens is 1. The van der Waals surface area contributed by atoms with E-state index in [0.717, 1.165) is 37.1 Å². The van der Waals surface area contributed by atoms with E-state index in [2.05, 4.69) is 5.32 Å². The summed E-state index contributed by atoms with van der Waals surface area (Å²) < 4.78 is 38.3. The van der Waals surface area contributed by atoms with Crippen LogP contribution in [0.25, 0.3) is 0 Å². The molecule has 0 spiro atoms. The number of carbonyl (C=O) groups excluding carboxylic acids is 4. The number of ketones is 1. The fourth-order valence-electron chi connectivity index (χ4n) is 5.66. The highest BCUT2D eigenvalue weighted by atomic mass is 19.4. The first-order chi connectivity index (χ1) is 20.9. The van der Waals surface area contributed by atoms with Gasteiger partial charge in [0.1, 0.15) is 19.1 Å². The van der Waals surface area contributed by atoms with Crippen LogP contribution in [0, 0.1) is 12.8 Å². The van der Waals surface area contributed by atoms with Crippen LogP contribution in [0.2, 0.25) is 0 Å². The highest BCUT2D eigenvalue weighted by molar-refractivity contribution is 5.97. The Labute approximate surface area is 253 Å². The van der Waals surface area contributed by atoms with Crippen molar-refractivity contribution >= 4 is 23.6 Å². The number of alkyl halides is 3. The van der Waals surface area contributed by atoms with E-state index in [1.807, 2.05) is 67.6 Å². The van der Waals surface area contributed by atoms with Crippen LogP contribution in [0.1, 0.15) is 50.7 Å². The minimum absolute atomic E-state index is 0.124. The van der Waals surface area contributed by atoms with Gasteiger partial charge in [-0.1, -0.05) is 78.4 Å². The molecule has 3 aromatic rings. The van der Waals surface area contributed by atoms with Crippen LogP contribution >= 0.6 is 0 Å². The molecular weight excluding hydrogens is 577 g/mol. The van der Waals surface area contributed by atoms with Crippen molar-refractivity contribution in [2.45, 2.75) is 38.1 Å². The Morgan fingerprint density at radius 3 is 1.93 bits per heavy atom. The minimum Gasteiger partial charge on any atom is -0.542 e. The van der Waals surface area contributed by atoms with E-state index in [4.69, 9.17) is 14.6 Å². The molecule has 1 unspecified atom stereocenters. The quantitative estimate of drug-likeness (QED) is 0.236. The highest BCUT2D eigenvalue weighted by Gasteiger charge is 2.49. The van der Waals surface area contributed by atoms with Crippen molar-refractivity contribution in [1.82, 2.24) is 5.32 Å². The third kappa shape index (κ3) is 8.31. The molecule has 1 amide bonds. The number of hydrogen-bond acceptors (Lipinski definition) is 6. The second-order valence-electron chi connectivity index (χ2n) is 11.2. The van der Waals surface area contributed by atoms with Crippen molar-refractivity contribution in [3.8, 4) is 0 Å². The Kier molecular flexibility index (Phi) is 10.2. The highest BCUT2D eigenvalue weighted by Crippen LogP contribution is 2.36. The molecule has 0 aliphatic carbocycles. The SMILES string of the molecule is Cc1ccc(C(NC(=O)c2ccccc2)C(=O)O[C@H]2C[N+]3(CC(=O)c4ccccc4)CCC2CC3)cc1.O=C([O-])C(F)(F)F. The Balaban J connectivity index is 0.000000566. The molecule has 0 saturated carbocycles. The van der Waals surface area contributed by atoms with Gasteiger partial charge < -0.3 is 24.4 Å². The van der Waals surface area contributed by atoms with Crippen LogP contribution in [-0.2, 0) is 14.3 Å². The molecule has 3 aliphatic heterocycles. The molecule has 3 saturated heterocycles. The van der Waals surface area contributed by atoms with E-state index in [0.29, 0.717) is 28.7 Å². The Hall–Kier alpha value is -4.51. The number of fused-ring (bicyclic) bond motifs is 3. The zero-order chi connectivity index (χ0) is 31.9. The van der Waals surface area contributed by atoms with Gasteiger partial charge in [-0.15, -0.1) is 0 Å². The summed E-state index contributed by atoms with van der Waals surface area (Å²) >= 11 is 0. The number of nitrogens with one attached hydrogen (secondary N) is 1. The van der Waals surface area contributed by atoms with Gasteiger partial charge in [0.25, 0.3) is 5.91 Å². The zero-order valence-electron chi connectivity index (χ0n) is 24.1. The third-order valence-corrected chi connectivity index (χ3v) is 8.07. The summed E-state index contributed by atoms with van der Waals surface area (Å²) in [6.45, 7) is 4.86. The lowest BCUT2D eigenvalue weighted by Crippen LogP contribution is -2.66. The van der Waals surface area contributed by atoms with Crippen molar-refractivity contribution in [1.29, 1.82) is 0 Å². The molecule has 3 fully saturated rings. The Morgan fingerprint density at radius 2 is 1.41 bits per heavy atom. The summed E-state index contributed by atoms with van der Waals surface area (Å²) in [5.41, 5.74) is 2.96.